The minimum atomic E-state index is -0.367. The van der Waals surface area contributed by atoms with Crippen molar-refractivity contribution >= 4 is 50.3 Å². The molecule has 154 valence electrons. The molecule has 1 aromatic carbocycles. The predicted octanol–water partition coefficient (Wildman–Crippen LogP) is 4.95. The summed E-state index contributed by atoms with van der Waals surface area (Å²) in [7, 11) is 0. The molecule has 0 saturated carbocycles. The highest BCUT2D eigenvalue weighted by molar-refractivity contribution is 7.19. The van der Waals surface area contributed by atoms with Gasteiger partial charge in [-0.3, -0.25) is 10.1 Å². The zero-order valence-corrected chi connectivity index (χ0v) is 18.3. The van der Waals surface area contributed by atoms with Crippen LogP contribution in [0, 0.1) is 10.1 Å². The molecule has 10 heteroatoms. The highest BCUT2D eigenvalue weighted by atomic mass is 35.5. The van der Waals surface area contributed by atoms with E-state index in [0.29, 0.717) is 41.2 Å². The number of hydrogen-bond donors (Lipinski definition) is 1. The second-order valence-corrected chi connectivity index (χ2v) is 8.64. The topological polar surface area (TPSA) is 84.2 Å². The summed E-state index contributed by atoms with van der Waals surface area (Å²) in [5.74, 6) is 0.485. The highest BCUT2D eigenvalue weighted by Crippen LogP contribution is 2.30. The third kappa shape index (κ3) is 4.40. The Morgan fingerprint density at radius 1 is 1.37 bits per heavy atom. The van der Waals surface area contributed by atoms with E-state index in [1.165, 1.54) is 11.3 Å². The van der Waals surface area contributed by atoms with Gasteiger partial charge in [0.15, 0.2) is 5.82 Å². The van der Waals surface area contributed by atoms with Gasteiger partial charge in [-0.1, -0.05) is 29.3 Å². The number of nitrogens with one attached hydrogen (secondary N) is 1. The van der Waals surface area contributed by atoms with Crippen LogP contribution in [0.5, 0.6) is 0 Å². The standard InChI is InChI=1S/C20H17Cl2N5O2S/c1-12(20-25-15-9-14(21)3-4-17(15)30-20)8-16(27(28)29)19-23-6-7-26(19)11-13-2-5-18(22)24-10-13/h2-5,8-10,23H,6-7,11H2,1H3/b12-8+,19-16-. The van der Waals surface area contributed by atoms with E-state index in [2.05, 4.69) is 15.3 Å². The maximum absolute atomic E-state index is 11.9. The predicted molar refractivity (Wildman–Crippen MR) is 120 cm³/mol. The molecule has 1 fully saturated rings. The first kappa shape index (κ1) is 20.6. The lowest BCUT2D eigenvalue weighted by molar-refractivity contribution is -0.421. The summed E-state index contributed by atoms with van der Waals surface area (Å²) < 4.78 is 0.980. The van der Waals surface area contributed by atoms with Crippen molar-refractivity contribution in [2.45, 2.75) is 13.5 Å². The number of pyridine rings is 1. The number of rotatable bonds is 5. The van der Waals surface area contributed by atoms with Crippen molar-refractivity contribution in [2.75, 3.05) is 13.1 Å². The van der Waals surface area contributed by atoms with Crippen molar-refractivity contribution in [1.29, 1.82) is 0 Å². The summed E-state index contributed by atoms with van der Waals surface area (Å²) in [5, 5.41) is 16.8. The van der Waals surface area contributed by atoms with Crippen molar-refractivity contribution in [2.24, 2.45) is 0 Å². The Morgan fingerprint density at radius 3 is 2.93 bits per heavy atom. The van der Waals surface area contributed by atoms with Crippen LogP contribution in [-0.4, -0.2) is 32.9 Å². The molecule has 1 aliphatic rings. The highest BCUT2D eigenvalue weighted by Gasteiger charge is 2.27. The zero-order valence-electron chi connectivity index (χ0n) is 15.9. The van der Waals surface area contributed by atoms with E-state index in [0.717, 1.165) is 20.8 Å². The van der Waals surface area contributed by atoms with Crippen molar-refractivity contribution in [1.82, 2.24) is 20.2 Å². The van der Waals surface area contributed by atoms with Gasteiger partial charge >= 0.3 is 5.70 Å². The number of halogens is 2. The third-order valence-corrected chi connectivity index (χ3v) is 6.26. The van der Waals surface area contributed by atoms with E-state index in [1.54, 1.807) is 30.5 Å². The summed E-state index contributed by atoms with van der Waals surface area (Å²) in [5.41, 5.74) is 2.42. The largest absolute Gasteiger partial charge is 0.364 e. The number of benzene rings is 1. The fourth-order valence-corrected chi connectivity index (χ4v) is 4.40. The summed E-state index contributed by atoms with van der Waals surface area (Å²) >= 11 is 13.4. The molecule has 1 N–H and O–H groups in total. The zero-order chi connectivity index (χ0) is 21.3. The molecule has 0 amide bonds. The summed E-state index contributed by atoms with van der Waals surface area (Å²) in [6.07, 6.45) is 3.25. The van der Waals surface area contributed by atoms with Gasteiger partial charge in [-0.25, -0.2) is 9.97 Å². The van der Waals surface area contributed by atoms with Crippen LogP contribution in [0.1, 0.15) is 17.5 Å². The Bertz CT molecular complexity index is 1170. The van der Waals surface area contributed by atoms with Crippen LogP contribution in [0.25, 0.3) is 15.8 Å². The molecule has 0 radical (unpaired) electrons. The lowest BCUT2D eigenvalue weighted by atomic mass is 10.2. The van der Waals surface area contributed by atoms with Crippen LogP contribution in [0.4, 0.5) is 0 Å². The van der Waals surface area contributed by atoms with Gasteiger partial charge in [-0.2, -0.15) is 0 Å². The Labute approximate surface area is 186 Å². The van der Waals surface area contributed by atoms with Crippen LogP contribution >= 0.6 is 34.5 Å². The second-order valence-electron chi connectivity index (χ2n) is 6.79. The second kappa shape index (κ2) is 8.59. The minimum absolute atomic E-state index is 0.00390. The fourth-order valence-electron chi connectivity index (χ4n) is 3.21. The third-order valence-electron chi connectivity index (χ3n) is 4.63. The Balaban J connectivity index is 1.67. The number of aromatic nitrogens is 2. The van der Waals surface area contributed by atoms with Gasteiger partial charge in [0.1, 0.15) is 10.2 Å². The van der Waals surface area contributed by atoms with Gasteiger partial charge in [0.25, 0.3) is 0 Å². The van der Waals surface area contributed by atoms with Crippen LogP contribution in [-0.2, 0) is 6.54 Å². The van der Waals surface area contributed by atoms with Crippen LogP contribution in [0.15, 0.2) is 54.1 Å². The molecule has 0 atom stereocenters. The van der Waals surface area contributed by atoms with Crippen LogP contribution < -0.4 is 5.32 Å². The average molecular weight is 462 g/mol. The molecule has 0 bridgehead atoms. The lowest BCUT2D eigenvalue weighted by Gasteiger charge is -2.18. The number of fused-ring (bicyclic) bond motifs is 1. The van der Waals surface area contributed by atoms with Gasteiger partial charge in [-0.15, -0.1) is 11.3 Å². The lowest BCUT2D eigenvalue weighted by Crippen LogP contribution is -2.23. The van der Waals surface area contributed by atoms with E-state index >= 15 is 0 Å². The minimum Gasteiger partial charge on any atom is -0.364 e. The maximum Gasteiger partial charge on any atom is 0.309 e. The van der Waals surface area contributed by atoms with Gasteiger partial charge in [0.2, 0.25) is 0 Å². The number of thiazole rings is 1. The molecule has 0 unspecified atom stereocenters. The number of nitro groups is 1. The van der Waals surface area contributed by atoms with Gasteiger partial charge in [-0.05, 0) is 42.3 Å². The van der Waals surface area contributed by atoms with Gasteiger partial charge in [0.05, 0.1) is 15.1 Å². The summed E-state index contributed by atoms with van der Waals surface area (Å²) in [6.45, 7) is 3.60. The van der Waals surface area contributed by atoms with E-state index < -0.39 is 0 Å². The first-order valence-electron chi connectivity index (χ1n) is 9.13. The van der Waals surface area contributed by atoms with Crippen LogP contribution in [0.3, 0.4) is 0 Å². The Hall–Kier alpha value is -2.68. The molecular formula is C20H17Cl2N5O2S. The first-order valence-corrected chi connectivity index (χ1v) is 10.7. The molecule has 7 nitrogen and oxygen atoms in total. The fraction of sp³-hybridized carbons (Fsp3) is 0.200. The Morgan fingerprint density at radius 2 is 2.20 bits per heavy atom. The van der Waals surface area contributed by atoms with Gasteiger partial charge < -0.3 is 10.2 Å². The summed E-state index contributed by atoms with van der Waals surface area (Å²) in [6, 6.07) is 9.07. The number of nitrogens with zero attached hydrogens (tertiary/aromatic N) is 4. The molecule has 3 aromatic rings. The quantitative estimate of drug-likeness (QED) is 0.328. The monoisotopic (exact) mass is 461 g/mol. The molecular weight excluding hydrogens is 445 g/mol. The molecule has 3 heterocycles. The summed E-state index contributed by atoms with van der Waals surface area (Å²) in [4.78, 5) is 22.1. The number of allylic oxidation sites excluding steroid dienone is 2. The molecule has 30 heavy (non-hydrogen) atoms. The molecule has 0 aliphatic carbocycles. The van der Waals surface area contributed by atoms with Crippen molar-refractivity contribution in [3.8, 4) is 0 Å². The first-order chi connectivity index (χ1) is 14.4. The van der Waals surface area contributed by atoms with Crippen molar-refractivity contribution in [3.63, 3.8) is 0 Å². The smallest absolute Gasteiger partial charge is 0.309 e. The van der Waals surface area contributed by atoms with E-state index in [9.17, 15) is 10.1 Å². The van der Waals surface area contributed by atoms with Crippen LogP contribution in [0.2, 0.25) is 10.2 Å². The van der Waals surface area contributed by atoms with E-state index in [1.807, 2.05) is 24.0 Å². The maximum atomic E-state index is 11.9. The average Bonchev–Trinajstić information content (AvgIpc) is 3.34. The van der Waals surface area contributed by atoms with Crippen molar-refractivity contribution < 1.29 is 4.92 Å². The SMILES string of the molecule is C/C(=C\C(=C1/NCCN1Cc1ccc(Cl)nc1)[N+](=O)[O-])c1nc2cc(Cl)ccc2s1. The number of hydrogen-bond acceptors (Lipinski definition) is 7. The van der Waals surface area contributed by atoms with Gasteiger partial charge in [0, 0.05) is 36.9 Å². The van der Waals surface area contributed by atoms with Crippen molar-refractivity contribution in [3.05, 3.63) is 85.0 Å². The Kier molecular flexibility index (Phi) is 5.90. The molecule has 4 rings (SSSR count). The van der Waals surface area contributed by atoms with E-state index in [-0.39, 0.29) is 10.6 Å². The molecule has 0 spiro atoms. The normalized spacial score (nSPS) is 16.1. The molecule has 2 aromatic heterocycles. The molecule has 1 saturated heterocycles. The molecule has 1 aliphatic heterocycles. The van der Waals surface area contributed by atoms with E-state index in [4.69, 9.17) is 23.2 Å².